The number of hydrogen-bond donors (Lipinski definition) is 3. The molecule has 1 aromatic heterocycles. The van der Waals surface area contributed by atoms with Gasteiger partial charge in [0.05, 0.1) is 12.6 Å². The maximum Gasteiger partial charge on any atom is 0.251 e. The van der Waals surface area contributed by atoms with Crippen LogP contribution < -0.4 is 10.6 Å². The molecule has 23 heavy (non-hydrogen) atoms. The Morgan fingerprint density at radius 3 is 2.91 bits per heavy atom. The molecule has 7 nitrogen and oxygen atoms in total. The van der Waals surface area contributed by atoms with E-state index in [9.17, 15) is 9.90 Å². The number of halogens is 1. The van der Waals surface area contributed by atoms with Gasteiger partial charge < -0.3 is 15.7 Å². The molecule has 2 atom stereocenters. The van der Waals surface area contributed by atoms with Gasteiger partial charge in [0, 0.05) is 31.1 Å². The average Bonchev–Trinajstić information content (AvgIpc) is 3.17. The molecule has 0 spiro atoms. The Balaban J connectivity index is 0.00000192. The van der Waals surface area contributed by atoms with E-state index < -0.39 is 6.10 Å². The van der Waals surface area contributed by atoms with Crippen molar-refractivity contribution in [1.29, 1.82) is 0 Å². The van der Waals surface area contributed by atoms with Crippen LogP contribution >= 0.6 is 12.4 Å². The van der Waals surface area contributed by atoms with Gasteiger partial charge in [-0.2, -0.15) is 5.10 Å². The standard InChI is InChI=1S/C15H19N5O2.ClH/c21-14-7-16-5-12(14)6-18-15(22)13-4-2-1-3-11(13)8-20-10-17-9-19-20;/h1-4,9-10,12,14,16,21H,5-8H2,(H,18,22);1H. The molecule has 1 fully saturated rings. The van der Waals surface area contributed by atoms with Crippen molar-refractivity contribution < 1.29 is 9.90 Å². The highest BCUT2D eigenvalue weighted by molar-refractivity contribution is 5.95. The number of aliphatic hydroxyl groups excluding tert-OH is 1. The van der Waals surface area contributed by atoms with Crippen molar-refractivity contribution >= 4 is 18.3 Å². The van der Waals surface area contributed by atoms with Crippen LogP contribution in [0.25, 0.3) is 0 Å². The van der Waals surface area contributed by atoms with Gasteiger partial charge in [-0.15, -0.1) is 12.4 Å². The predicted octanol–water partition coefficient (Wildman–Crippen LogP) is 0.0583. The zero-order chi connectivity index (χ0) is 15.4. The summed E-state index contributed by atoms with van der Waals surface area (Å²) in [5.74, 6) is -0.0683. The molecule has 1 amide bonds. The molecule has 2 aromatic rings. The van der Waals surface area contributed by atoms with Crippen molar-refractivity contribution in [1.82, 2.24) is 25.4 Å². The van der Waals surface area contributed by atoms with E-state index in [2.05, 4.69) is 20.7 Å². The van der Waals surface area contributed by atoms with Crippen LogP contribution in [0.2, 0.25) is 0 Å². The molecule has 2 unspecified atom stereocenters. The maximum absolute atomic E-state index is 12.4. The molecule has 0 bridgehead atoms. The fourth-order valence-corrected chi connectivity index (χ4v) is 2.62. The lowest BCUT2D eigenvalue weighted by Crippen LogP contribution is -2.34. The monoisotopic (exact) mass is 337 g/mol. The number of amides is 1. The summed E-state index contributed by atoms with van der Waals surface area (Å²) in [6.45, 7) is 2.27. The second kappa shape index (κ2) is 8.05. The lowest BCUT2D eigenvalue weighted by Gasteiger charge is -2.15. The number of nitrogens with one attached hydrogen (secondary N) is 2. The first-order chi connectivity index (χ1) is 10.7. The van der Waals surface area contributed by atoms with Gasteiger partial charge in [-0.1, -0.05) is 18.2 Å². The highest BCUT2D eigenvalue weighted by atomic mass is 35.5. The fraction of sp³-hybridized carbons (Fsp3) is 0.400. The number of benzene rings is 1. The first-order valence-corrected chi connectivity index (χ1v) is 7.31. The Morgan fingerprint density at radius 1 is 1.39 bits per heavy atom. The Kier molecular flexibility index (Phi) is 6.09. The third kappa shape index (κ3) is 4.28. The molecule has 3 N–H and O–H groups in total. The summed E-state index contributed by atoms with van der Waals surface area (Å²) in [6.07, 6.45) is 2.69. The summed E-state index contributed by atoms with van der Waals surface area (Å²) < 4.78 is 1.68. The number of hydrogen-bond acceptors (Lipinski definition) is 5. The summed E-state index contributed by atoms with van der Waals surface area (Å²) in [7, 11) is 0. The summed E-state index contributed by atoms with van der Waals surface area (Å²) in [5.41, 5.74) is 1.51. The van der Waals surface area contributed by atoms with E-state index >= 15 is 0 Å². The molecule has 1 aliphatic heterocycles. The minimum Gasteiger partial charge on any atom is -0.391 e. The molecule has 0 saturated carbocycles. The minimum absolute atomic E-state index is 0. The average molecular weight is 338 g/mol. The number of rotatable bonds is 5. The zero-order valence-electron chi connectivity index (χ0n) is 12.6. The van der Waals surface area contributed by atoms with Crippen molar-refractivity contribution in [2.45, 2.75) is 12.6 Å². The van der Waals surface area contributed by atoms with E-state index in [1.54, 1.807) is 17.1 Å². The Bertz CT molecular complexity index is 635. The number of carbonyl (C=O) groups is 1. The lowest BCUT2D eigenvalue weighted by molar-refractivity contribution is 0.0926. The summed E-state index contributed by atoms with van der Waals surface area (Å²) >= 11 is 0. The molecule has 1 aliphatic rings. The topological polar surface area (TPSA) is 92.1 Å². The number of aliphatic hydroxyl groups is 1. The summed E-state index contributed by atoms with van der Waals surface area (Å²) in [6, 6.07) is 7.44. The van der Waals surface area contributed by atoms with Crippen LogP contribution in [0.4, 0.5) is 0 Å². The van der Waals surface area contributed by atoms with Crippen molar-refractivity contribution in [3.63, 3.8) is 0 Å². The molecular formula is C15H20ClN5O2. The van der Waals surface area contributed by atoms with Gasteiger partial charge in [0.15, 0.2) is 0 Å². The van der Waals surface area contributed by atoms with Crippen LogP contribution in [0.1, 0.15) is 15.9 Å². The van der Waals surface area contributed by atoms with Gasteiger partial charge in [0.1, 0.15) is 12.7 Å². The van der Waals surface area contributed by atoms with Crippen molar-refractivity contribution in [2.75, 3.05) is 19.6 Å². The molecule has 2 heterocycles. The van der Waals surface area contributed by atoms with E-state index in [0.717, 1.165) is 12.1 Å². The van der Waals surface area contributed by atoms with Crippen molar-refractivity contribution in [3.8, 4) is 0 Å². The van der Waals surface area contributed by atoms with Crippen LogP contribution in [0.5, 0.6) is 0 Å². The summed E-state index contributed by atoms with van der Waals surface area (Å²) in [5, 5.41) is 19.8. The highest BCUT2D eigenvalue weighted by Gasteiger charge is 2.25. The first-order valence-electron chi connectivity index (χ1n) is 7.31. The second-order valence-electron chi connectivity index (χ2n) is 5.45. The smallest absolute Gasteiger partial charge is 0.251 e. The lowest BCUT2D eigenvalue weighted by atomic mass is 10.0. The zero-order valence-corrected chi connectivity index (χ0v) is 13.4. The Morgan fingerprint density at radius 2 is 2.22 bits per heavy atom. The molecule has 0 radical (unpaired) electrons. The second-order valence-corrected chi connectivity index (χ2v) is 5.45. The maximum atomic E-state index is 12.4. The Labute approximate surface area is 140 Å². The summed E-state index contributed by atoms with van der Waals surface area (Å²) in [4.78, 5) is 16.3. The number of nitrogens with zero attached hydrogens (tertiary/aromatic N) is 3. The molecule has 8 heteroatoms. The SMILES string of the molecule is Cl.O=C(NCC1CNCC1O)c1ccccc1Cn1cncn1. The number of carbonyl (C=O) groups excluding carboxylic acids is 1. The molecule has 3 rings (SSSR count). The third-order valence-electron chi connectivity index (χ3n) is 3.89. The predicted molar refractivity (Wildman–Crippen MR) is 87.5 cm³/mol. The largest absolute Gasteiger partial charge is 0.391 e. The minimum atomic E-state index is -0.398. The highest BCUT2D eigenvalue weighted by Crippen LogP contribution is 2.12. The van der Waals surface area contributed by atoms with E-state index in [0.29, 0.717) is 25.2 Å². The van der Waals surface area contributed by atoms with Gasteiger partial charge in [0.2, 0.25) is 0 Å². The van der Waals surface area contributed by atoms with E-state index in [-0.39, 0.29) is 24.2 Å². The molecule has 124 valence electrons. The van der Waals surface area contributed by atoms with E-state index in [4.69, 9.17) is 0 Å². The van der Waals surface area contributed by atoms with Gasteiger partial charge in [-0.25, -0.2) is 9.67 Å². The van der Waals surface area contributed by atoms with Crippen LogP contribution in [0.15, 0.2) is 36.9 Å². The molecule has 1 saturated heterocycles. The Hall–Kier alpha value is -1.96. The van der Waals surface area contributed by atoms with Crippen LogP contribution in [-0.2, 0) is 6.54 Å². The molecule has 0 aliphatic carbocycles. The van der Waals surface area contributed by atoms with Gasteiger partial charge in [-0.05, 0) is 11.6 Å². The van der Waals surface area contributed by atoms with E-state index in [1.807, 2.05) is 18.2 Å². The molecular weight excluding hydrogens is 318 g/mol. The van der Waals surface area contributed by atoms with Crippen molar-refractivity contribution in [2.24, 2.45) is 5.92 Å². The molecule has 1 aromatic carbocycles. The van der Waals surface area contributed by atoms with Gasteiger partial charge in [0.25, 0.3) is 5.91 Å². The quantitative estimate of drug-likeness (QED) is 0.717. The van der Waals surface area contributed by atoms with Crippen LogP contribution in [0.3, 0.4) is 0 Å². The normalized spacial score (nSPS) is 20.0. The van der Waals surface area contributed by atoms with Gasteiger partial charge in [-0.3, -0.25) is 4.79 Å². The van der Waals surface area contributed by atoms with Crippen LogP contribution in [-0.4, -0.2) is 51.5 Å². The van der Waals surface area contributed by atoms with Crippen molar-refractivity contribution in [3.05, 3.63) is 48.0 Å². The first kappa shape index (κ1) is 17.4. The van der Waals surface area contributed by atoms with Crippen LogP contribution in [0, 0.1) is 5.92 Å². The number of aromatic nitrogens is 3. The number of β-amino-alcohol motifs (C(OH)–C–C–N with tert-alkyl or cyclic N) is 1. The fourth-order valence-electron chi connectivity index (χ4n) is 2.62. The van der Waals surface area contributed by atoms with E-state index in [1.165, 1.54) is 6.33 Å². The third-order valence-corrected chi connectivity index (χ3v) is 3.89. The van der Waals surface area contributed by atoms with Gasteiger partial charge >= 0.3 is 0 Å².